The Morgan fingerprint density at radius 2 is 2.00 bits per heavy atom. The maximum atomic E-state index is 12.8. The molecule has 2 aliphatic rings. The fourth-order valence-corrected chi connectivity index (χ4v) is 5.33. The van der Waals surface area contributed by atoms with Crippen molar-refractivity contribution in [1.82, 2.24) is 9.88 Å². The van der Waals surface area contributed by atoms with Crippen molar-refractivity contribution in [3.8, 4) is 0 Å². The summed E-state index contributed by atoms with van der Waals surface area (Å²) in [6, 6.07) is -0.683. The molecule has 0 unspecified atom stereocenters. The van der Waals surface area contributed by atoms with Gasteiger partial charge in [0.05, 0.1) is 23.2 Å². The first-order valence-corrected chi connectivity index (χ1v) is 10.1. The summed E-state index contributed by atoms with van der Waals surface area (Å²) in [5.41, 5.74) is 1.48. The number of hydrogen-bond acceptors (Lipinski definition) is 7. The van der Waals surface area contributed by atoms with Gasteiger partial charge in [0.1, 0.15) is 6.04 Å². The van der Waals surface area contributed by atoms with Crippen molar-refractivity contribution in [2.75, 3.05) is 12.9 Å². The van der Waals surface area contributed by atoms with Gasteiger partial charge in [-0.3, -0.25) is 9.59 Å². The standard InChI is InChI=1S/C19H24N2O6S/c1-9-14(18(25)26-5)10(2)20-15(9)16(23)11(3)27-17(24)12-8-28-19(4)7-6-13(22)21(12)19/h11-12,20H,6-8H2,1-5H3/t11-,12-,19-/m0/s1. The lowest BCUT2D eigenvalue weighted by Gasteiger charge is -2.29. The molecule has 28 heavy (non-hydrogen) atoms. The van der Waals surface area contributed by atoms with E-state index in [1.54, 1.807) is 30.5 Å². The van der Waals surface area contributed by atoms with E-state index >= 15 is 0 Å². The molecule has 2 aliphatic heterocycles. The van der Waals surface area contributed by atoms with Gasteiger partial charge in [0.25, 0.3) is 0 Å². The molecule has 1 aromatic rings. The molecular formula is C19H24N2O6S. The Morgan fingerprint density at radius 1 is 1.32 bits per heavy atom. The number of methoxy groups -OCH3 is 1. The number of ketones is 1. The molecule has 2 saturated heterocycles. The van der Waals surface area contributed by atoms with Gasteiger partial charge in [-0.15, -0.1) is 11.8 Å². The van der Waals surface area contributed by atoms with Gasteiger partial charge in [-0.25, -0.2) is 9.59 Å². The zero-order valence-electron chi connectivity index (χ0n) is 16.6. The average Bonchev–Trinajstić information content (AvgIpc) is 3.24. The van der Waals surface area contributed by atoms with E-state index in [1.807, 2.05) is 6.92 Å². The summed E-state index contributed by atoms with van der Waals surface area (Å²) in [5.74, 6) is -1.17. The normalized spacial score (nSPS) is 24.8. The third-order valence-corrected chi connectivity index (χ3v) is 6.96. The third kappa shape index (κ3) is 3.21. The number of ether oxygens (including phenoxy) is 2. The van der Waals surface area contributed by atoms with Gasteiger partial charge in [0, 0.05) is 17.9 Å². The number of aromatic nitrogens is 1. The number of carbonyl (C=O) groups is 4. The Labute approximate surface area is 167 Å². The summed E-state index contributed by atoms with van der Waals surface area (Å²) in [6.07, 6.45) is 0.0645. The lowest BCUT2D eigenvalue weighted by Crippen LogP contribution is -2.47. The van der Waals surface area contributed by atoms with Crippen LogP contribution in [0.25, 0.3) is 0 Å². The third-order valence-electron chi connectivity index (χ3n) is 5.45. The quantitative estimate of drug-likeness (QED) is 0.587. The van der Waals surface area contributed by atoms with Crippen molar-refractivity contribution in [3.05, 3.63) is 22.5 Å². The zero-order valence-corrected chi connectivity index (χ0v) is 17.4. The van der Waals surface area contributed by atoms with Gasteiger partial charge in [-0.1, -0.05) is 0 Å². The van der Waals surface area contributed by atoms with Crippen LogP contribution in [0.5, 0.6) is 0 Å². The lowest BCUT2D eigenvalue weighted by atomic mass is 10.1. The molecule has 1 aromatic heterocycles. The first kappa shape index (κ1) is 20.4. The number of nitrogens with zero attached hydrogens (tertiary/aromatic N) is 1. The smallest absolute Gasteiger partial charge is 0.339 e. The summed E-state index contributed by atoms with van der Waals surface area (Å²) in [5, 5.41) is 0. The number of H-pyrrole nitrogens is 1. The van der Waals surface area contributed by atoms with E-state index in [9.17, 15) is 19.2 Å². The first-order chi connectivity index (χ1) is 13.1. The minimum absolute atomic E-state index is 0.0630. The Hall–Kier alpha value is -2.29. The van der Waals surface area contributed by atoms with E-state index in [2.05, 4.69) is 4.98 Å². The Bertz CT molecular complexity index is 863. The van der Waals surface area contributed by atoms with Crippen molar-refractivity contribution >= 4 is 35.4 Å². The number of aromatic amines is 1. The molecule has 0 radical (unpaired) electrons. The molecule has 3 rings (SSSR count). The molecule has 0 aliphatic carbocycles. The highest BCUT2D eigenvalue weighted by atomic mass is 32.2. The SMILES string of the molecule is COC(=O)c1c(C)[nH]c(C(=O)[C@H](C)OC(=O)[C@@H]2CS[C@@]3(C)CCC(=O)N23)c1C. The number of aryl methyl sites for hydroxylation is 1. The topological polar surface area (TPSA) is 106 Å². The Morgan fingerprint density at radius 3 is 2.64 bits per heavy atom. The number of carbonyl (C=O) groups excluding carboxylic acids is 4. The molecule has 0 saturated carbocycles. The van der Waals surface area contributed by atoms with Crippen LogP contribution in [-0.4, -0.2) is 63.4 Å². The van der Waals surface area contributed by atoms with Crippen molar-refractivity contribution in [2.24, 2.45) is 0 Å². The summed E-state index contributed by atoms with van der Waals surface area (Å²) >= 11 is 1.56. The predicted molar refractivity (Wildman–Crippen MR) is 102 cm³/mol. The van der Waals surface area contributed by atoms with E-state index in [-0.39, 0.29) is 16.5 Å². The van der Waals surface area contributed by atoms with Crippen LogP contribution in [0.1, 0.15) is 58.8 Å². The highest BCUT2D eigenvalue weighted by Crippen LogP contribution is 2.47. The summed E-state index contributed by atoms with van der Waals surface area (Å²) < 4.78 is 10.2. The van der Waals surface area contributed by atoms with Crippen molar-refractivity contribution in [1.29, 1.82) is 0 Å². The lowest BCUT2D eigenvalue weighted by molar-refractivity contribution is -0.155. The molecule has 0 aromatic carbocycles. The predicted octanol–water partition coefficient (Wildman–Crippen LogP) is 1.99. The second kappa shape index (κ2) is 7.27. The van der Waals surface area contributed by atoms with Crippen LogP contribution in [0.4, 0.5) is 0 Å². The van der Waals surface area contributed by atoms with Crippen LogP contribution in [0, 0.1) is 13.8 Å². The van der Waals surface area contributed by atoms with Crippen LogP contribution in [0.2, 0.25) is 0 Å². The van der Waals surface area contributed by atoms with Gasteiger partial charge >= 0.3 is 11.9 Å². The number of fused-ring (bicyclic) bond motifs is 1. The molecule has 9 heteroatoms. The van der Waals surface area contributed by atoms with Crippen LogP contribution < -0.4 is 0 Å². The molecule has 1 N–H and O–H groups in total. The number of Topliss-reactive ketones (excluding diaryl/α,β-unsaturated/α-hetero) is 1. The van der Waals surface area contributed by atoms with Crippen LogP contribution in [-0.2, 0) is 19.1 Å². The highest BCUT2D eigenvalue weighted by molar-refractivity contribution is 8.01. The van der Waals surface area contributed by atoms with Crippen molar-refractivity contribution < 1.29 is 28.7 Å². The minimum Gasteiger partial charge on any atom is -0.465 e. The maximum Gasteiger partial charge on any atom is 0.339 e. The van der Waals surface area contributed by atoms with E-state index in [0.29, 0.717) is 35.4 Å². The fraction of sp³-hybridized carbons (Fsp3) is 0.579. The molecule has 8 nitrogen and oxygen atoms in total. The molecule has 0 spiro atoms. The second-order valence-electron chi connectivity index (χ2n) is 7.33. The maximum absolute atomic E-state index is 12.8. The van der Waals surface area contributed by atoms with E-state index in [1.165, 1.54) is 14.0 Å². The largest absolute Gasteiger partial charge is 0.465 e. The zero-order chi connectivity index (χ0) is 20.8. The number of amides is 1. The van der Waals surface area contributed by atoms with Gasteiger partial charge in [0.15, 0.2) is 6.10 Å². The summed E-state index contributed by atoms with van der Waals surface area (Å²) in [6.45, 7) is 6.74. The second-order valence-corrected chi connectivity index (χ2v) is 8.83. The average molecular weight is 408 g/mol. The monoisotopic (exact) mass is 408 g/mol. The Kier molecular flexibility index (Phi) is 5.31. The first-order valence-electron chi connectivity index (χ1n) is 9.09. The van der Waals surface area contributed by atoms with E-state index in [4.69, 9.17) is 9.47 Å². The van der Waals surface area contributed by atoms with Crippen molar-refractivity contribution in [2.45, 2.75) is 57.6 Å². The van der Waals surface area contributed by atoms with Gasteiger partial charge in [-0.2, -0.15) is 0 Å². The molecule has 3 heterocycles. The molecule has 152 valence electrons. The molecule has 1 amide bonds. The number of rotatable bonds is 5. The van der Waals surface area contributed by atoms with Gasteiger partial charge < -0.3 is 19.4 Å². The number of esters is 2. The van der Waals surface area contributed by atoms with Crippen LogP contribution in [0.3, 0.4) is 0 Å². The number of hydrogen-bond donors (Lipinski definition) is 1. The summed E-state index contributed by atoms with van der Waals surface area (Å²) in [4.78, 5) is 53.7. The van der Waals surface area contributed by atoms with E-state index < -0.39 is 29.9 Å². The highest BCUT2D eigenvalue weighted by Gasteiger charge is 2.53. The molecule has 0 bridgehead atoms. The fourth-order valence-electron chi connectivity index (χ4n) is 3.91. The number of thioether (sulfide) groups is 1. The van der Waals surface area contributed by atoms with Crippen LogP contribution >= 0.6 is 11.8 Å². The van der Waals surface area contributed by atoms with Gasteiger partial charge in [0.2, 0.25) is 11.7 Å². The van der Waals surface area contributed by atoms with Crippen molar-refractivity contribution in [3.63, 3.8) is 0 Å². The minimum atomic E-state index is -1.05. The molecule has 2 fully saturated rings. The summed E-state index contributed by atoms with van der Waals surface area (Å²) in [7, 11) is 1.27. The van der Waals surface area contributed by atoms with Crippen LogP contribution in [0.15, 0.2) is 0 Å². The molecular weight excluding hydrogens is 384 g/mol. The van der Waals surface area contributed by atoms with E-state index in [0.717, 1.165) is 0 Å². The van der Waals surface area contributed by atoms with Gasteiger partial charge in [-0.05, 0) is 39.7 Å². The molecule has 3 atom stereocenters. The number of nitrogens with one attached hydrogen (secondary N) is 1. The Balaban J connectivity index is 1.74.